The minimum Gasteiger partial charge on any atom is -0.489 e. The zero-order chi connectivity index (χ0) is 20.4. The summed E-state index contributed by atoms with van der Waals surface area (Å²) in [5.41, 5.74) is 2.25. The molecule has 1 unspecified atom stereocenters. The fourth-order valence-corrected chi connectivity index (χ4v) is 5.79. The predicted molar refractivity (Wildman–Crippen MR) is 118 cm³/mol. The van der Waals surface area contributed by atoms with E-state index in [-0.39, 0.29) is 11.5 Å². The van der Waals surface area contributed by atoms with Crippen LogP contribution >= 0.6 is 0 Å². The van der Waals surface area contributed by atoms with Crippen molar-refractivity contribution in [2.75, 3.05) is 19.6 Å². The summed E-state index contributed by atoms with van der Waals surface area (Å²) >= 11 is 0. The SMILES string of the molecule is O=C1N(CC2CCNCC2)C(c2cccc(OCc3ccccc3)c2)C12CCCC2. The van der Waals surface area contributed by atoms with Crippen molar-refractivity contribution in [2.45, 2.75) is 51.2 Å². The molecule has 4 heteroatoms. The molecule has 2 aliphatic heterocycles. The van der Waals surface area contributed by atoms with Crippen LogP contribution in [0.25, 0.3) is 0 Å². The molecule has 3 aliphatic rings. The van der Waals surface area contributed by atoms with Gasteiger partial charge in [0, 0.05) is 6.54 Å². The second-order valence-electron chi connectivity index (χ2n) is 9.26. The molecule has 2 heterocycles. The lowest BCUT2D eigenvalue weighted by atomic mass is 9.66. The van der Waals surface area contributed by atoms with Gasteiger partial charge in [0.25, 0.3) is 0 Å². The Morgan fingerprint density at radius 2 is 1.77 bits per heavy atom. The summed E-state index contributed by atoms with van der Waals surface area (Å²) in [4.78, 5) is 15.5. The molecule has 2 aromatic carbocycles. The molecule has 1 spiro atoms. The van der Waals surface area contributed by atoms with Crippen LogP contribution in [0.1, 0.15) is 55.7 Å². The standard InChI is InChI=1S/C26H32N2O2/c29-25-26(13-4-5-14-26)24(28(25)18-20-11-15-27-16-12-20)22-9-6-10-23(17-22)30-19-21-7-2-1-3-8-21/h1-3,6-10,17,20,24,27H,4-5,11-16,18-19H2. The second-order valence-corrected chi connectivity index (χ2v) is 9.26. The van der Waals surface area contributed by atoms with Gasteiger partial charge in [-0.15, -0.1) is 0 Å². The number of nitrogens with one attached hydrogen (secondary N) is 1. The number of benzene rings is 2. The van der Waals surface area contributed by atoms with Crippen molar-refractivity contribution < 1.29 is 9.53 Å². The minimum atomic E-state index is -0.162. The normalized spacial score (nSPS) is 23.5. The lowest BCUT2D eigenvalue weighted by Crippen LogP contribution is -2.63. The maximum atomic E-state index is 13.3. The van der Waals surface area contributed by atoms with Crippen molar-refractivity contribution in [3.05, 3.63) is 65.7 Å². The van der Waals surface area contributed by atoms with E-state index in [1.54, 1.807) is 0 Å². The molecule has 1 amide bonds. The molecule has 3 fully saturated rings. The summed E-state index contributed by atoms with van der Waals surface area (Å²) in [5.74, 6) is 1.92. The van der Waals surface area contributed by atoms with Gasteiger partial charge >= 0.3 is 0 Å². The number of β-lactam (4-membered cyclic amide) rings is 1. The van der Waals surface area contributed by atoms with Crippen LogP contribution < -0.4 is 10.1 Å². The average Bonchev–Trinajstić information content (AvgIpc) is 3.31. The van der Waals surface area contributed by atoms with Gasteiger partial charge in [0.05, 0.1) is 11.5 Å². The van der Waals surface area contributed by atoms with Gasteiger partial charge in [-0.05, 0) is 68.0 Å². The second kappa shape index (κ2) is 8.43. The van der Waals surface area contributed by atoms with Gasteiger partial charge in [-0.3, -0.25) is 4.79 Å². The van der Waals surface area contributed by atoms with Crippen LogP contribution in [-0.4, -0.2) is 30.4 Å². The number of ether oxygens (including phenoxy) is 1. The van der Waals surface area contributed by atoms with E-state index in [1.165, 1.54) is 36.8 Å². The number of rotatable bonds is 6. The number of carbonyl (C=O) groups is 1. The van der Waals surface area contributed by atoms with E-state index < -0.39 is 0 Å². The number of piperidine rings is 1. The lowest BCUT2D eigenvalue weighted by molar-refractivity contribution is -0.174. The molecule has 1 aliphatic carbocycles. The van der Waals surface area contributed by atoms with Crippen LogP contribution in [0.5, 0.6) is 5.75 Å². The maximum absolute atomic E-state index is 13.3. The maximum Gasteiger partial charge on any atom is 0.231 e. The first-order valence-electron chi connectivity index (χ1n) is 11.5. The van der Waals surface area contributed by atoms with Crippen molar-refractivity contribution in [2.24, 2.45) is 11.3 Å². The highest BCUT2D eigenvalue weighted by molar-refractivity contribution is 5.91. The number of nitrogens with zero attached hydrogens (tertiary/aromatic N) is 1. The number of hydrogen-bond acceptors (Lipinski definition) is 3. The van der Waals surface area contributed by atoms with E-state index >= 15 is 0 Å². The highest BCUT2D eigenvalue weighted by atomic mass is 16.5. The van der Waals surface area contributed by atoms with Gasteiger partial charge in [0.1, 0.15) is 12.4 Å². The molecule has 0 bridgehead atoms. The molecular formula is C26H32N2O2. The van der Waals surface area contributed by atoms with Crippen LogP contribution in [0.15, 0.2) is 54.6 Å². The summed E-state index contributed by atoms with van der Waals surface area (Å²) in [5, 5.41) is 3.44. The van der Waals surface area contributed by atoms with Crippen molar-refractivity contribution >= 4 is 5.91 Å². The lowest BCUT2D eigenvalue weighted by Gasteiger charge is -2.56. The molecule has 5 rings (SSSR count). The Labute approximate surface area is 179 Å². The molecule has 30 heavy (non-hydrogen) atoms. The van der Waals surface area contributed by atoms with E-state index in [0.717, 1.165) is 38.2 Å². The monoisotopic (exact) mass is 404 g/mol. The van der Waals surface area contributed by atoms with Gasteiger partial charge in [0.2, 0.25) is 5.91 Å². The third-order valence-corrected chi connectivity index (χ3v) is 7.35. The number of carbonyl (C=O) groups excluding carboxylic acids is 1. The number of amides is 1. The van der Waals surface area contributed by atoms with Gasteiger partial charge in [-0.2, -0.15) is 0 Å². The Morgan fingerprint density at radius 3 is 2.53 bits per heavy atom. The van der Waals surface area contributed by atoms with Crippen LogP contribution in [0, 0.1) is 11.3 Å². The van der Waals surface area contributed by atoms with Crippen molar-refractivity contribution in [1.82, 2.24) is 10.2 Å². The average molecular weight is 405 g/mol. The topological polar surface area (TPSA) is 41.6 Å². The van der Waals surface area contributed by atoms with Crippen LogP contribution in [0.4, 0.5) is 0 Å². The molecule has 2 saturated heterocycles. The van der Waals surface area contributed by atoms with E-state index in [1.807, 2.05) is 24.3 Å². The molecule has 4 nitrogen and oxygen atoms in total. The number of hydrogen-bond donors (Lipinski definition) is 1. The highest BCUT2D eigenvalue weighted by Crippen LogP contribution is 2.59. The Morgan fingerprint density at radius 1 is 1.00 bits per heavy atom. The van der Waals surface area contributed by atoms with Crippen LogP contribution in [-0.2, 0) is 11.4 Å². The molecule has 1 saturated carbocycles. The van der Waals surface area contributed by atoms with E-state index in [0.29, 0.717) is 18.4 Å². The molecule has 1 N–H and O–H groups in total. The smallest absolute Gasteiger partial charge is 0.231 e. The van der Waals surface area contributed by atoms with E-state index in [4.69, 9.17) is 4.74 Å². The molecule has 1 atom stereocenters. The first-order chi connectivity index (χ1) is 14.8. The van der Waals surface area contributed by atoms with Crippen LogP contribution in [0.2, 0.25) is 0 Å². The van der Waals surface area contributed by atoms with Crippen LogP contribution in [0.3, 0.4) is 0 Å². The first kappa shape index (κ1) is 19.6. The third-order valence-electron chi connectivity index (χ3n) is 7.35. The molecular weight excluding hydrogens is 372 g/mol. The molecule has 158 valence electrons. The summed E-state index contributed by atoms with van der Waals surface area (Å²) in [6.07, 6.45) is 6.76. The third kappa shape index (κ3) is 3.62. The highest BCUT2D eigenvalue weighted by Gasteiger charge is 2.61. The molecule has 2 aromatic rings. The molecule has 0 radical (unpaired) electrons. The summed E-state index contributed by atoms with van der Waals surface area (Å²) in [6.45, 7) is 3.62. The Hall–Kier alpha value is -2.33. The summed E-state index contributed by atoms with van der Waals surface area (Å²) < 4.78 is 6.10. The van der Waals surface area contributed by atoms with Crippen molar-refractivity contribution in [3.8, 4) is 5.75 Å². The minimum absolute atomic E-state index is 0.162. The largest absolute Gasteiger partial charge is 0.489 e. The van der Waals surface area contributed by atoms with E-state index in [2.05, 4.69) is 40.5 Å². The summed E-state index contributed by atoms with van der Waals surface area (Å²) in [7, 11) is 0. The first-order valence-corrected chi connectivity index (χ1v) is 11.5. The van der Waals surface area contributed by atoms with Gasteiger partial charge in [-0.1, -0.05) is 55.3 Å². The molecule has 0 aromatic heterocycles. The van der Waals surface area contributed by atoms with Crippen molar-refractivity contribution in [1.29, 1.82) is 0 Å². The van der Waals surface area contributed by atoms with Gasteiger partial charge in [0.15, 0.2) is 0 Å². The van der Waals surface area contributed by atoms with Crippen molar-refractivity contribution in [3.63, 3.8) is 0 Å². The zero-order valence-electron chi connectivity index (χ0n) is 17.7. The summed E-state index contributed by atoms with van der Waals surface area (Å²) in [6, 6.07) is 19.0. The van der Waals surface area contributed by atoms with Gasteiger partial charge < -0.3 is 15.0 Å². The Kier molecular flexibility index (Phi) is 5.51. The fourth-order valence-electron chi connectivity index (χ4n) is 5.79. The Bertz CT molecular complexity index is 870. The fraction of sp³-hybridized carbons (Fsp3) is 0.500. The predicted octanol–water partition coefficient (Wildman–Crippen LogP) is 4.71. The van der Waals surface area contributed by atoms with E-state index in [9.17, 15) is 4.79 Å². The Balaban J connectivity index is 1.36. The van der Waals surface area contributed by atoms with Gasteiger partial charge in [-0.25, -0.2) is 0 Å². The number of likely N-dealkylation sites (tertiary alicyclic amines) is 1. The quantitative estimate of drug-likeness (QED) is 0.709. The zero-order valence-corrected chi connectivity index (χ0v) is 17.7.